The van der Waals surface area contributed by atoms with Crippen LogP contribution in [0.4, 0.5) is 4.39 Å². The number of rotatable bonds is 4. The quantitative estimate of drug-likeness (QED) is 0.527. The highest BCUT2D eigenvalue weighted by atomic mass is 19.1. The van der Waals surface area contributed by atoms with E-state index >= 15 is 0 Å². The zero-order chi connectivity index (χ0) is 17.6. The van der Waals surface area contributed by atoms with Crippen molar-refractivity contribution in [2.24, 2.45) is 0 Å². The van der Waals surface area contributed by atoms with Crippen molar-refractivity contribution in [1.29, 1.82) is 0 Å². The minimum Gasteiger partial charge on any atom is -0.618 e. The molecule has 1 saturated carbocycles. The molecule has 128 valence electrons. The molecule has 0 radical (unpaired) electrons. The summed E-state index contributed by atoms with van der Waals surface area (Å²) in [5.41, 5.74) is 0.520. The number of carbonyl (C=O) groups excluding carboxylic acids is 1. The average Bonchev–Trinajstić information content (AvgIpc) is 2.55. The van der Waals surface area contributed by atoms with Crippen LogP contribution in [0.25, 0.3) is 0 Å². The lowest BCUT2D eigenvalue weighted by Crippen LogP contribution is -2.45. The fourth-order valence-corrected chi connectivity index (χ4v) is 2.36. The second-order valence-corrected chi connectivity index (χ2v) is 5.78. The summed E-state index contributed by atoms with van der Waals surface area (Å²) in [6.45, 7) is 0.0617. The Bertz CT molecular complexity index is 838. The monoisotopic (exact) mass is 340 g/mol. The van der Waals surface area contributed by atoms with Crippen LogP contribution in [-0.2, 0) is 0 Å². The first-order chi connectivity index (χ1) is 12.1. The number of halogens is 1. The van der Waals surface area contributed by atoms with Gasteiger partial charge >= 0.3 is 5.91 Å². The molecule has 0 bridgehead atoms. The fourth-order valence-electron chi connectivity index (χ4n) is 2.36. The van der Waals surface area contributed by atoms with Crippen molar-refractivity contribution < 1.29 is 18.7 Å². The maximum atomic E-state index is 13.0. The van der Waals surface area contributed by atoms with Crippen LogP contribution in [0.1, 0.15) is 35.3 Å². The Labute approximate surface area is 145 Å². The molecule has 0 spiro atoms. The summed E-state index contributed by atoms with van der Waals surface area (Å²) in [5.74, 6) is 5.16. The number of hydrogen-bond acceptors (Lipinski definition) is 3. The molecule has 2 aromatic rings. The molecule has 3 rings (SSSR count). The normalized spacial score (nSPS) is 13.3. The third-order valence-electron chi connectivity index (χ3n) is 3.93. The summed E-state index contributed by atoms with van der Waals surface area (Å²) in [6, 6.07) is 9.01. The number of benzene rings is 1. The van der Waals surface area contributed by atoms with E-state index in [-0.39, 0.29) is 30.1 Å². The van der Waals surface area contributed by atoms with E-state index < -0.39 is 0 Å². The number of nitrogens with one attached hydrogen (secondary N) is 1. The van der Waals surface area contributed by atoms with Crippen molar-refractivity contribution in [1.82, 2.24) is 5.32 Å². The Morgan fingerprint density at radius 2 is 2.20 bits per heavy atom. The van der Waals surface area contributed by atoms with Crippen LogP contribution in [0.2, 0.25) is 0 Å². The lowest BCUT2D eigenvalue weighted by molar-refractivity contribution is -0.607. The molecule has 5 nitrogen and oxygen atoms in total. The van der Waals surface area contributed by atoms with Crippen LogP contribution in [0.15, 0.2) is 42.6 Å². The summed E-state index contributed by atoms with van der Waals surface area (Å²) in [4.78, 5) is 12.0. The number of carbonyl (C=O) groups is 1. The molecule has 1 amide bonds. The Balaban J connectivity index is 1.58. The number of ether oxygens (including phenoxy) is 1. The summed E-state index contributed by atoms with van der Waals surface area (Å²) in [7, 11) is 0. The van der Waals surface area contributed by atoms with E-state index in [1.807, 2.05) is 0 Å². The minimum absolute atomic E-state index is 0.0495. The maximum absolute atomic E-state index is 13.0. The summed E-state index contributed by atoms with van der Waals surface area (Å²) in [5, 5.41) is 14.8. The minimum atomic E-state index is -0.381. The van der Waals surface area contributed by atoms with Gasteiger partial charge in [-0.15, -0.1) is 0 Å². The second kappa shape index (κ2) is 7.67. The number of hydrogen-bond donors (Lipinski definition) is 1. The highest BCUT2D eigenvalue weighted by molar-refractivity contribution is 5.91. The van der Waals surface area contributed by atoms with E-state index in [2.05, 4.69) is 17.2 Å². The third kappa shape index (κ3) is 4.48. The van der Waals surface area contributed by atoms with E-state index in [1.54, 1.807) is 18.2 Å². The number of amides is 1. The molecule has 0 atom stereocenters. The van der Waals surface area contributed by atoms with Crippen LogP contribution >= 0.6 is 0 Å². The molecule has 1 heterocycles. The van der Waals surface area contributed by atoms with Gasteiger partial charge in [-0.25, -0.2) is 4.39 Å². The molecular weight excluding hydrogens is 323 g/mol. The van der Waals surface area contributed by atoms with Crippen molar-refractivity contribution in [2.45, 2.75) is 25.3 Å². The van der Waals surface area contributed by atoms with Gasteiger partial charge in [0.25, 0.3) is 5.69 Å². The highest BCUT2D eigenvalue weighted by Gasteiger charge is 2.23. The predicted molar refractivity (Wildman–Crippen MR) is 89.3 cm³/mol. The summed E-state index contributed by atoms with van der Waals surface area (Å²) >= 11 is 0. The highest BCUT2D eigenvalue weighted by Crippen LogP contribution is 2.18. The molecular formula is C19H17FN2O3. The lowest BCUT2D eigenvalue weighted by atomic mass is 9.93. The largest absolute Gasteiger partial charge is 0.618 e. The fraction of sp³-hybridized carbons (Fsp3) is 0.263. The first-order valence-electron chi connectivity index (χ1n) is 8.03. The number of nitrogens with zero attached hydrogens (tertiary/aromatic N) is 1. The third-order valence-corrected chi connectivity index (χ3v) is 3.93. The van der Waals surface area contributed by atoms with Crippen molar-refractivity contribution in [3.05, 3.63) is 64.9 Å². The molecule has 0 unspecified atom stereocenters. The molecule has 1 fully saturated rings. The Hall–Kier alpha value is -3.07. The van der Waals surface area contributed by atoms with Gasteiger partial charge in [-0.1, -0.05) is 17.9 Å². The predicted octanol–water partition coefficient (Wildman–Crippen LogP) is 2.17. The van der Waals surface area contributed by atoms with Gasteiger partial charge in [0.05, 0.1) is 5.56 Å². The van der Waals surface area contributed by atoms with E-state index in [1.165, 1.54) is 24.4 Å². The van der Waals surface area contributed by atoms with E-state index in [9.17, 15) is 14.4 Å². The maximum Gasteiger partial charge on any atom is 0.317 e. The smallest absolute Gasteiger partial charge is 0.317 e. The van der Waals surface area contributed by atoms with Gasteiger partial charge in [0.15, 0.2) is 6.20 Å². The second-order valence-electron chi connectivity index (χ2n) is 5.78. The topological polar surface area (TPSA) is 65.3 Å². The SMILES string of the molecule is O=C(NC1CCC1)c1ccc(C#CCOc2cccc(F)c2)c[n+]1[O-]. The molecule has 1 aliphatic rings. The van der Waals surface area contributed by atoms with Crippen LogP contribution in [0.5, 0.6) is 5.75 Å². The van der Waals surface area contributed by atoms with Gasteiger partial charge in [0.1, 0.15) is 18.2 Å². The Morgan fingerprint density at radius 3 is 2.88 bits per heavy atom. The standard InChI is InChI=1S/C19H17FN2O3/c20-15-5-1-8-17(12-15)25-11-3-4-14-9-10-18(22(24)13-14)19(23)21-16-6-2-7-16/h1,5,8-10,12-13,16H,2,6-7,11H2,(H,21,23). The van der Waals surface area contributed by atoms with E-state index in [0.29, 0.717) is 16.0 Å². The van der Waals surface area contributed by atoms with Crippen molar-refractivity contribution in [2.75, 3.05) is 6.61 Å². The Kier molecular flexibility index (Phi) is 5.14. The van der Waals surface area contributed by atoms with Gasteiger partial charge in [-0.05, 0) is 37.5 Å². The van der Waals surface area contributed by atoms with E-state index in [4.69, 9.17) is 4.74 Å². The molecule has 1 aliphatic carbocycles. The van der Waals surface area contributed by atoms with Gasteiger partial charge < -0.3 is 15.3 Å². The van der Waals surface area contributed by atoms with Gasteiger partial charge in [-0.2, -0.15) is 4.73 Å². The molecule has 1 aromatic heterocycles. The van der Waals surface area contributed by atoms with Gasteiger partial charge in [-0.3, -0.25) is 4.79 Å². The lowest BCUT2D eigenvalue weighted by Gasteiger charge is -2.25. The van der Waals surface area contributed by atoms with Crippen LogP contribution in [0.3, 0.4) is 0 Å². The number of aromatic nitrogens is 1. The molecule has 0 aliphatic heterocycles. The zero-order valence-electron chi connectivity index (χ0n) is 13.5. The molecule has 6 heteroatoms. The zero-order valence-corrected chi connectivity index (χ0v) is 13.5. The van der Waals surface area contributed by atoms with Crippen LogP contribution in [-0.4, -0.2) is 18.6 Å². The van der Waals surface area contributed by atoms with Gasteiger partial charge in [0.2, 0.25) is 0 Å². The van der Waals surface area contributed by atoms with Crippen LogP contribution < -0.4 is 14.8 Å². The van der Waals surface area contributed by atoms with E-state index in [0.717, 1.165) is 19.3 Å². The first-order valence-corrected chi connectivity index (χ1v) is 8.03. The van der Waals surface area contributed by atoms with Crippen molar-refractivity contribution in [3.63, 3.8) is 0 Å². The average molecular weight is 340 g/mol. The summed E-state index contributed by atoms with van der Waals surface area (Å²) < 4.78 is 18.8. The Morgan fingerprint density at radius 1 is 1.36 bits per heavy atom. The van der Waals surface area contributed by atoms with Crippen LogP contribution in [0, 0.1) is 22.9 Å². The molecule has 1 aromatic carbocycles. The molecule has 25 heavy (non-hydrogen) atoms. The first kappa shape index (κ1) is 16.8. The summed E-state index contributed by atoms with van der Waals surface area (Å²) in [6.07, 6.45) is 4.28. The number of pyridine rings is 1. The van der Waals surface area contributed by atoms with Crippen molar-refractivity contribution >= 4 is 5.91 Å². The molecule has 1 N–H and O–H groups in total. The van der Waals surface area contributed by atoms with Crippen molar-refractivity contribution in [3.8, 4) is 17.6 Å². The van der Waals surface area contributed by atoms with Gasteiger partial charge in [0, 0.05) is 18.2 Å². The molecule has 0 saturated heterocycles.